The lowest BCUT2D eigenvalue weighted by atomic mass is 9.94. The lowest BCUT2D eigenvalue weighted by Gasteiger charge is -2.25. The van der Waals surface area contributed by atoms with Gasteiger partial charge in [-0.2, -0.15) is 5.10 Å². The van der Waals surface area contributed by atoms with Gasteiger partial charge in [-0.1, -0.05) is 6.42 Å². The Labute approximate surface area is 111 Å². The van der Waals surface area contributed by atoms with Crippen molar-refractivity contribution in [3.05, 3.63) is 18.0 Å². The van der Waals surface area contributed by atoms with Gasteiger partial charge in [-0.3, -0.25) is 9.89 Å². The number of carbonyl (C=O) groups excluding carboxylic acids is 2. The monoisotopic (exact) mass is 263 g/mol. The maximum atomic E-state index is 12.4. The molecule has 1 amide bonds. The lowest BCUT2D eigenvalue weighted by Crippen LogP contribution is -2.43. The number of methoxy groups -OCH3 is 1. The first-order chi connectivity index (χ1) is 9.22. The zero-order valence-corrected chi connectivity index (χ0v) is 10.8. The number of aromatic amines is 1. The maximum absolute atomic E-state index is 12.4. The van der Waals surface area contributed by atoms with Gasteiger partial charge in [-0.15, -0.1) is 0 Å². The highest BCUT2D eigenvalue weighted by Gasteiger charge is 2.50. The van der Waals surface area contributed by atoms with Gasteiger partial charge in [0.25, 0.3) is 5.91 Å². The molecule has 1 saturated heterocycles. The highest BCUT2D eigenvalue weighted by Crippen LogP contribution is 2.42. The van der Waals surface area contributed by atoms with Crippen molar-refractivity contribution in [2.75, 3.05) is 13.7 Å². The van der Waals surface area contributed by atoms with E-state index >= 15 is 0 Å². The van der Waals surface area contributed by atoms with Gasteiger partial charge in [-0.25, -0.2) is 4.79 Å². The van der Waals surface area contributed by atoms with E-state index < -0.39 is 6.04 Å². The first-order valence-electron chi connectivity index (χ1n) is 6.60. The Morgan fingerprint density at radius 3 is 3.00 bits per heavy atom. The number of fused-ring (bicyclic) bond motifs is 1. The van der Waals surface area contributed by atoms with Crippen LogP contribution < -0.4 is 0 Å². The third kappa shape index (κ3) is 1.91. The van der Waals surface area contributed by atoms with E-state index in [9.17, 15) is 9.59 Å². The number of ether oxygens (including phenoxy) is 1. The number of carbonyl (C=O) groups is 2. The van der Waals surface area contributed by atoms with Gasteiger partial charge in [0, 0.05) is 12.7 Å². The van der Waals surface area contributed by atoms with E-state index in [2.05, 4.69) is 10.2 Å². The predicted molar refractivity (Wildman–Crippen MR) is 66.3 cm³/mol. The molecule has 0 unspecified atom stereocenters. The van der Waals surface area contributed by atoms with Gasteiger partial charge < -0.3 is 9.64 Å². The smallest absolute Gasteiger partial charge is 0.328 e. The molecule has 102 valence electrons. The van der Waals surface area contributed by atoms with Crippen LogP contribution in [0, 0.1) is 11.8 Å². The summed E-state index contributed by atoms with van der Waals surface area (Å²) in [7, 11) is 1.38. The summed E-state index contributed by atoms with van der Waals surface area (Å²) in [5.74, 6) is 0.244. The molecule has 0 aromatic carbocycles. The minimum atomic E-state index is -0.431. The number of hydrogen-bond donors (Lipinski definition) is 1. The molecule has 0 bridgehead atoms. The highest BCUT2D eigenvalue weighted by molar-refractivity contribution is 5.97. The van der Waals surface area contributed by atoms with Crippen molar-refractivity contribution < 1.29 is 14.3 Å². The number of rotatable bonds is 2. The second-order valence-electron chi connectivity index (χ2n) is 5.27. The Bertz CT molecular complexity index is 485. The number of nitrogens with one attached hydrogen (secondary N) is 1. The van der Waals surface area contributed by atoms with Crippen LogP contribution in [0.5, 0.6) is 0 Å². The van der Waals surface area contributed by atoms with Crippen molar-refractivity contribution in [3.63, 3.8) is 0 Å². The van der Waals surface area contributed by atoms with Crippen LogP contribution in [-0.2, 0) is 9.53 Å². The number of H-pyrrole nitrogens is 1. The van der Waals surface area contributed by atoms with Crippen LogP contribution in [-0.4, -0.2) is 46.7 Å². The van der Waals surface area contributed by atoms with Crippen LogP contribution in [0.25, 0.3) is 0 Å². The molecule has 1 aliphatic heterocycles. The molecule has 2 aliphatic rings. The van der Waals surface area contributed by atoms with E-state index in [-0.39, 0.29) is 17.8 Å². The third-order valence-electron chi connectivity index (χ3n) is 4.34. The quantitative estimate of drug-likeness (QED) is 0.802. The number of esters is 1. The molecular formula is C13H17N3O3. The van der Waals surface area contributed by atoms with Crippen LogP contribution in [0.2, 0.25) is 0 Å². The molecule has 3 atom stereocenters. The first-order valence-corrected chi connectivity index (χ1v) is 6.60. The molecule has 6 nitrogen and oxygen atoms in total. The standard InChI is InChI=1S/C13H17N3O3/c1-19-13(18)11-10-4-2-3-8(10)7-16(11)12(17)9-5-14-15-6-9/h5-6,8,10-11H,2-4,7H2,1H3,(H,14,15)/t8-,10-,11-/m0/s1. The van der Waals surface area contributed by atoms with E-state index in [0.29, 0.717) is 18.0 Å². The number of aromatic nitrogens is 2. The summed E-state index contributed by atoms with van der Waals surface area (Å²) < 4.78 is 4.88. The van der Waals surface area contributed by atoms with Crippen molar-refractivity contribution in [1.29, 1.82) is 0 Å². The molecule has 3 rings (SSSR count). The van der Waals surface area contributed by atoms with Crippen molar-refractivity contribution in [1.82, 2.24) is 15.1 Å². The minimum Gasteiger partial charge on any atom is -0.467 e. The Hall–Kier alpha value is -1.85. The molecule has 1 aromatic rings. The zero-order valence-electron chi connectivity index (χ0n) is 10.8. The summed E-state index contributed by atoms with van der Waals surface area (Å²) in [6, 6.07) is -0.431. The van der Waals surface area contributed by atoms with E-state index in [1.54, 1.807) is 11.1 Å². The normalized spacial score (nSPS) is 29.3. The Kier molecular flexibility index (Phi) is 3.00. The van der Waals surface area contributed by atoms with Crippen molar-refractivity contribution in [2.24, 2.45) is 11.8 Å². The average Bonchev–Trinajstić information content (AvgIpc) is 3.12. The lowest BCUT2D eigenvalue weighted by molar-refractivity contribution is -0.146. The fourth-order valence-electron chi connectivity index (χ4n) is 3.47. The van der Waals surface area contributed by atoms with Gasteiger partial charge in [0.2, 0.25) is 0 Å². The van der Waals surface area contributed by atoms with Gasteiger partial charge in [0.05, 0.1) is 18.9 Å². The molecule has 0 radical (unpaired) electrons. The van der Waals surface area contributed by atoms with E-state index in [1.807, 2.05) is 0 Å². The summed E-state index contributed by atoms with van der Waals surface area (Å²) in [6.07, 6.45) is 6.28. The van der Waals surface area contributed by atoms with Crippen molar-refractivity contribution >= 4 is 11.9 Å². The Morgan fingerprint density at radius 2 is 2.32 bits per heavy atom. The number of amides is 1. The Morgan fingerprint density at radius 1 is 1.47 bits per heavy atom. The van der Waals surface area contributed by atoms with Gasteiger partial charge in [0.15, 0.2) is 0 Å². The fourth-order valence-corrected chi connectivity index (χ4v) is 3.47. The van der Waals surface area contributed by atoms with Crippen LogP contribution in [0.3, 0.4) is 0 Å². The summed E-state index contributed by atoms with van der Waals surface area (Å²) in [5, 5.41) is 6.42. The number of hydrogen-bond acceptors (Lipinski definition) is 4. The van der Waals surface area contributed by atoms with Gasteiger partial charge in [0.1, 0.15) is 6.04 Å². The number of likely N-dealkylation sites (tertiary alicyclic amines) is 1. The van der Waals surface area contributed by atoms with Crippen molar-refractivity contribution in [2.45, 2.75) is 25.3 Å². The minimum absolute atomic E-state index is 0.140. The van der Waals surface area contributed by atoms with Gasteiger partial charge >= 0.3 is 5.97 Å². The van der Waals surface area contributed by atoms with Crippen LogP contribution in [0.1, 0.15) is 29.6 Å². The summed E-state index contributed by atoms with van der Waals surface area (Å²) >= 11 is 0. The van der Waals surface area contributed by atoms with Crippen LogP contribution in [0.4, 0.5) is 0 Å². The largest absolute Gasteiger partial charge is 0.467 e. The molecule has 19 heavy (non-hydrogen) atoms. The Balaban J connectivity index is 1.87. The van der Waals surface area contributed by atoms with Gasteiger partial charge in [-0.05, 0) is 24.7 Å². The second-order valence-corrected chi connectivity index (χ2v) is 5.27. The molecular weight excluding hydrogens is 246 g/mol. The maximum Gasteiger partial charge on any atom is 0.328 e. The molecule has 2 fully saturated rings. The SMILES string of the molecule is COC(=O)[C@@H]1[C@H]2CCC[C@H]2CN1C(=O)c1cn[nH]c1. The number of nitrogens with zero attached hydrogens (tertiary/aromatic N) is 2. The molecule has 6 heteroatoms. The molecule has 2 heterocycles. The average molecular weight is 263 g/mol. The van der Waals surface area contributed by atoms with Crippen molar-refractivity contribution in [3.8, 4) is 0 Å². The molecule has 1 saturated carbocycles. The van der Waals surface area contributed by atoms with Crippen LogP contribution >= 0.6 is 0 Å². The molecule has 0 spiro atoms. The van der Waals surface area contributed by atoms with E-state index in [1.165, 1.54) is 13.3 Å². The van der Waals surface area contributed by atoms with Crippen LogP contribution in [0.15, 0.2) is 12.4 Å². The molecule has 1 aliphatic carbocycles. The zero-order chi connectivity index (χ0) is 13.4. The van der Waals surface area contributed by atoms with E-state index in [4.69, 9.17) is 4.74 Å². The van der Waals surface area contributed by atoms with E-state index in [0.717, 1.165) is 19.3 Å². The second kappa shape index (κ2) is 4.68. The molecule has 1 N–H and O–H groups in total. The topological polar surface area (TPSA) is 75.3 Å². The predicted octanol–water partition coefficient (Wildman–Crippen LogP) is 0.823. The molecule has 1 aromatic heterocycles. The summed E-state index contributed by atoms with van der Waals surface area (Å²) in [6.45, 7) is 0.647. The first kappa shape index (κ1) is 12.2. The fraction of sp³-hybridized carbons (Fsp3) is 0.615. The summed E-state index contributed by atoms with van der Waals surface area (Å²) in [4.78, 5) is 26.1. The summed E-state index contributed by atoms with van der Waals surface area (Å²) in [5.41, 5.74) is 0.494. The highest BCUT2D eigenvalue weighted by atomic mass is 16.5. The third-order valence-corrected chi connectivity index (χ3v) is 4.34.